The highest BCUT2D eigenvalue weighted by molar-refractivity contribution is 5.78. The minimum absolute atomic E-state index is 0.0469. The molecule has 0 radical (unpaired) electrons. The topological polar surface area (TPSA) is 20.3 Å². The van der Waals surface area contributed by atoms with E-state index in [1.54, 1.807) is 17.0 Å². The zero-order valence-electron chi connectivity index (χ0n) is 9.16. The lowest BCUT2D eigenvalue weighted by Crippen LogP contribution is -2.31. The average Bonchev–Trinajstić information content (AvgIpc) is 2.19. The Labute approximate surface area is 89.7 Å². The molecule has 1 amide bonds. The van der Waals surface area contributed by atoms with Crippen LogP contribution in [-0.4, -0.2) is 23.9 Å². The van der Waals surface area contributed by atoms with Crippen molar-refractivity contribution in [3.63, 3.8) is 0 Å². The van der Waals surface area contributed by atoms with Gasteiger partial charge in [0.2, 0.25) is 5.91 Å². The third-order valence-corrected chi connectivity index (χ3v) is 2.36. The smallest absolute Gasteiger partial charge is 0.226 e. The summed E-state index contributed by atoms with van der Waals surface area (Å²) in [6, 6.07) is 6.18. The number of hydrogen-bond acceptors (Lipinski definition) is 1. The van der Waals surface area contributed by atoms with Crippen molar-refractivity contribution in [1.82, 2.24) is 4.90 Å². The molecule has 0 N–H and O–H groups in total. The lowest BCUT2D eigenvalue weighted by atomic mass is 10.1. The summed E-state index contributed by atoms with van der Waals surface area (Å²) in [5.74, 6) is -0.245. The Morgan fingerprint density at radius 2 is 2.00 bits per heavy atom. The molecule has 1 rings (SSSR count). The molecule has 0 unspecified atom stereocenters. The second kappa shape index (κ2) is 5.49. The van der Waals surface area contributed by atoms with Gasteiger partial charge in [0.25, 0.3) is 0 Å². The zero-order chi connectivity index (χ0) is 11.3. The number of rotatable bonds is 4. The molecule has 0 heterocycles. The fraction of sp³-hybridized carbons (Fsp3) is 0.417. The van der Waals surface area contributed by atoms with Gasteiger partial charge in [0.05, 0.1) is 6.42 Å². The van der Waals surface area contributed by atoms with Crippen LogP contribution in [0.15, 0.2) is 24.3 Å². The second-order valence-electron chi connectivity index (χ2n) is 3.37. The van der Waals surface area contributed by atoms with Gasteiger partial charge in [-0.15, -0.1) is 0 Å². The van der Waals surface area contributed by atoms with E-state index < -0.39 is 0 Å². The maximum atomic E-state index is 12.9. The molecule has 0 saturated heterocycles. The summed E-state index contributed by atoms with van der Waals surface area (Å²) in [5, 5.41) is 0. The van der Waals surface area contributed by atoms with Gasteiger partial charge in [0, 0.05) is 13.1 Å². The van der Waals surface area contributed by atoms with Crippen molar-refractivity contribution in [2.24, 2.45) is 0 Å². The van der Waals surface area contributed by atoms with E-state index in [0.717, 1.165) is 5.56 Å². The van der Waals surface area contributed by atoms with Gasteiger partial charge < -0.3 is 4.90 Å². The van der Waals surface area contributed by atoms with Gasteiger partial charge in [0.1, 0.15) is 5.82 Å². The molecule has 1 aromatic carbocycles. The minimum Gasteiger partial charge on any atom is -0.343 e. The van der Waals surface area contributed by atoms with Crippen LogP contribution in [0.3, 0.4) is 0 Å². The number of amides is 1. The summed E-state index contributed by atoms with van der Waals surface area (Å²) in [4.78, 5) is 13.4. The standard InChI is InChI=1S/C12H16FNO/c1-3-14(4-2)12(15)9-10-6-5-7-11(13)8-10/h5-8H,3-4,9H2,1-2H3. The predicted octanol–water partition coefficient (Wildman–Crippen LogP) is 2.24. The predicted molar refractivity (Wildman–Crippen MR) is 58.0 cm³/mol. The molecule has 0 aliphatic carbocycles. The molecular weight excluding hydrogens is 193 g/mol. The summed E-state index contributed by atoms with van der Waals surface area (Å²) < 4.78 is 12.9. The molecule has 3 heteroatoms. The lowest BCUT2D eigenvalue weighted by molar-refractivity contribution is -0.130. The summed E-state index contributed by atoms with van der Waals surface area (Å²) >= 11 is 0. The molecule has 0 spiro atoms. The zero-order valence-corrected chi connectivity index (χ0v) is 9.16. The minimum atomic E-state index is -0.292. The Balaban J connectivity index is 2.65. The number of carbonyl (C=O) groups excluding carboxylic acids is 1. The number of halogens is 1. The SMILES string of the molecule is CCN(CC)C(=O)Cc1cccc(F)c1. The van der Waals surface area contributed by atoms with Crippen LogP contribution < -0.4 is 0 Å². The van der Waals surface area contributed by atoms with E-state index in [1.807, 2.05) is 13.8 Å². The highest BCUT2D eigenvalue weighted by Crippen LogP contribution is 2.06. The quantitative estimate of drug-likeness (QED) is 0.744. The molecule has 0 aromatic heterocycles. The number of benzene rings is 1. The van der Waals surface area contributed by atoms with Crippen LogP contribution in [0, 0.1) is 5.82 Å². The van der Waals surface area contributed by atoms with E-state index in [2.05, 4.69) is 0 Å². The first-order valence-corrected chi connectivity index (χ1v) is 5.19. The van der Waals surface area contributed by atoms with Crippen LogP contribution >= 0.6 is 0 Å². The van der Waals surface area contributed by atoms with Crippen LogP contribution in [0.1, 0.15) is 19.4 Å². The molecular formula is C12H16FNO. The van der Waals surface area contributed by atoms with Crippen LogP contribution in [0.4, 0.5) is 4.39 Å². The summed E-state index contributed by atoms with van der Waals surface area (Å²) in [6.45, 7) is 5.27. The van der Waals surface area contributed by atoms with Gasteiger partial charge in [-0.05, 0) is 31.5 Å². The van der Waals surface area contributed by atoms with Gasteiger partial charge in [-0.2, -0.15) is 0 Å². The van der Waals surface area contributed by atoms with Crippen molar-refractivity contribution in [2.45, 2.75) is 20.3 Å². The monoisotopic (exact) mass is 209 g/mol. The fourth-order valence-electron chi connectivity index (χ4n) is 1.51. The van der Waals surface area contributed by atoms with Crippen molar-refractivity contribution in [2.75, 3.05) is 13.1 Å². The normalized spacial score (nSPS) is 10.1. The molecule has 2 nitrogen and oxygen atoms in total. The first-order chi connectivity index (χ1) is 7.17. The van der Waals surface area contributed by atoms with Gasteiger partial charge >= 0.3 is 0 Å². The third kappa shape index (κ3) is 3.35. The molecule has 0 aliphatic heterocycles. The van der Waals surface area contributed by atoms with E-state index in [9.17, 15) is 9.18 Å². The Morgan fingerprint density at radius 1 is 1.33 bits per heavy atom. The van der Waals surface area contributed by atoms with Crippen molar-refractivity contribution in [3.8, 4) is 0 Å². The Hall–Kier alpha value is -1.38. The molecule has 0 atom stereocenters. The number of nitrogens with zero attached hydrogens (tertiary/aromatic N) is 1. The first kappa shape index (κ1) is 11.7. The van der Waals surface area contributed by atoms with Crippen molar-refractivity contribution in [3.05, 3.63) is 35.6 Å². The maximum Gasteiger partial charge on any atom is 0.226 e. The number of likely N-dealkylation sites (N-methyl/N-ethyl adjacent to an activating group) is 1. The summed E-state index contributed by atoms with van der Waals surface area (Å²) in [6.07, 6.45) is 0.277. The van der Waals surface area contributed by atoms with Gasteiger partial charge in [-0.3, -0.25) is 4.79 Å². The summed E-state index contributed by atoms with van der Waals surface area (Å²) in [5.41, 5.74) is 0.729. The van der Waals surface area contributed by atoms with Gasteiger partial charge in [-0.1, -0.05) is 12.1 Å². The van der Waals surface area contributed by atoms with E-state index in [0.29, 0.717) is 13.1 Å². The highest BCUT2D eigenvalue weighted by Gasteiger charge is 2.10. The highest BCUT2D eigenvalue weighted by atomic mass is 19.1. The molecule has 82 valence electrons. The molecule has 15 heavy (non-hydrogen) atoms. The molecule has 1 aromatic rings. The van der Waals surface area contributed by atoms with Gasteiger partial charge in [-0.25, -0.2) is 4.39 Å². The van der Waals surface area contributed by atoms with Crippen LogP contribution in [0.25, 0.3) is 0 Å². The molecule has 0 fully saturated rings. The number of carbonyl (C=O) groups is 1. The average molecular weight is 209 g/mol. The summed E-state index contributed by atoms with van der Waals surface area (Å²) in [7, 11) is 0. The van der Waals surface area contributed by atoms with E-state index in [4.69, 9.17) is 0 Å². The Morgan fingerprint density at radius 3 is 2.53 bits per heavy atom. The van der Waals surface area contributed by atoms with Crippen molar-refractivity contribution in [1.29, 1.82) is 0 Å². The van der Waals surface area contributed by atoms with Crippen molar-refractivity contribution >= 4 is 5.91 Å². The van der Waals surface area contributed by atoms with Crippen molar-refractivity contribution < 1.29 is 9.18 Å². The number of hydrogen-bond donors (Lipinski definition) is 0. The Bertz CT molecular complexity index is 334. The second-order valence-corrected chi connectivity index (χ2v) is 3.37. The lowest BCUT2D eigenvalue weighted by Gasteiger charge is -2.18. The third-order valence-electron chi connectivity index (χ3n) is 2.36. The van der Waals surface area contributed by atoms with Crippen LogP contribution in [0.2, 0.25) is 0 Å². The molecule has 0 bridgehead atoms. The largest absolute Gasteiger partial charge is 0.343 e. The van der Waals surface area contributed by atoms with E-state index >= 15 is 0 Å². The van der Waals surface area contributed by atoms with Crippen LogP contribution in [0.5, 0.6) is 0 Å². The van der Waals surface area contributed by atoms with E-state index in [1.165, 1.54) is 12.1 Å². The van der Waals surface area contributed by atoms with Crippen LogP contribution in [-0.2, 0) is 11.2 Å². The first-order valence-electron chi connectivity index (χ1n) is 5.19. The van der Waals surface area contributed by atoms with Gasteiger partial charge in [0.15, 0.2) is 0 Å². The molecule has 0 aliphatic rings. The molecule has 0 saturated carbocycles. The maximum absolute atomic E-state index is 12.9. The fourth-order valence-corrected chi connectivity index (χ4v) is 1.51. The Kier molecular flexibility index (Phi) is 4.28. The van der Waals surface area contributed by atoms with E-state index in [-0.39, 0.29) is 18.1 Å².